The molecule has 1 aromatic carbocycles. The molecule has 0 saturated heterocycles. The van der Waals surface area contributed by atoms with Crippen molar-refractivity contribution in [3.05, 3.63) is 29.3 Å². The van der Waals surface area contributed by atoms with Crippen molar-refractivity contribution >= 4 is 17.6 Å². The summed E-state index contributed by atoms with van der Waals surface area (Å²) < 4.78 is 0. The third-order valence-electron chi connectivity index (χ3n) is 4.58. The van der Waals surface area contributed by atoms with Crippen LogP contribution in [-0.2, 0) is 11.2 Å². The van der Waals surface area contributed by atoms with Crippen LogP contribution in [0.3, 0.4) is 0 Å². The standard InChI is InChI=1S/C16H20N2O3/c19-15(11-5-4-10-6-7-17-14(10)8-11)18-9-12-2-1-3-13(12)16(20)21/h4-5,8,12-13,17H,1-3,6-7,9H2,(H,18,19)(H,20,21). The first-order valence-electron chi connectivity index (χ1n) is 7.53. The first-order chi connectivity index (χ1) is 10.1. The second-order valence-electron chi connectivity index (χ2n) is 5.89. The summed E-state index contributed by atoms with van der Waals surface area (Å²) in [5.41, 5.74) is 2.91. The molecule has 2 aliphatic rings. The number of rotatable bonds is 4. The first-order valence-corrected chi connectivity index (χ1v) is 7.53. The molecule has 2 atom stereocenters. The third kappa shape index (κ3) is 2.86. The highest BCUT2D eigenvalue weighted by atomic mass is 16.4. The maximum atomic E-state index is 12.2. The van der Waals surface area contributed by atoms with Crippen LogP contribution in [0.5, 0.6) is 0 Å². The van der Waals surface area contributed by atoms with Crippen LogP contribution < -0.4 is 10.6 Å². The minimum atomic E-state index is -0.742. The van der Waals surface area contributed by atoms with Crippen LogP contribution in [0.2, 0.25) is 0 Å². The zero-order valence-corrected chi connectivity index (χ0v) is 11.9. The summed E-state index contributed by atoms with van der Waals surface area (Å²) >= 11 is 0. The fourth-order valence-electron chi connectivity index (χ4n) is 3.36. The van der Waals surface area contributed by atoms with E-state index in [1.165, 1.54) is 5.56 Å². The Balaban J connectivity index is 1.60. The molecule has 1 saturated carbocycles. The average molecular weight is 288 g/mol. The van der Waals surface area contributed by atoms with E-state index >= 15 is 0 Å². The van der Waals surface area contributed by atoms with Gasteiger partial charge in [0.05, 0.1) is 5.92 Å². The Morgan fingerprint density at radius 1 is 1.33 bits per heavy atom. The molecule has 3 rings (SSSR count). The molecule has 1 aromatic rings. The molecule has 1 heterocycles. The topological polar surface area (TPSA) is 78.4 Å². The molecule has 2 unspecified atom stereocenters. The van der Waals surface area contributed by atoms with Crippen molar-refractivity contribution in [1.29, 1.82) is 0 Å². The summed E-state index contributed by atoms with van der Waals surface area (Å²) in [5, 5.41) is 15.3. The highest BCUT2D eigenvalue weighted by Gasteiger charge is 2.32. The van der Waals surface area contributed by atoms with E-state index in [0.29, 0.717) is 12.1 Å². The molecule has 5 nitrogen and oxygen atoms in total. The predicted octanol–water partition coefficient (Wildman–Crippen LogP) is 1.89. The molecule has 0 radical (unpaired) electrons. The summed E-state index contributed by atoms with van der Waals surface area (Å²) in [6.45, 7) is 1.36. The van der Waals surface area contributed by atoms with Gasteiger partial charge in [0.1, 0.15) is 0 Å². The summed E-state index contributed by atoms with van der Waals surface area (Å²) in [5.74, 6) is -1.12. The number of hydrogen-bond donors (Lipinski definition) is 3. The molecule has 5 heteroatoms. The van der Waals surface area contributed by atoms with Gasteiger partial charge >= 0.3 is 5.97 Å². The molecule has 1 fully saturated rings. The Hall–Kier alpha value is -2.04. The molecule has 21 heavy (non-hydrogen) atoms. The molecule has 1 aliphatic carbocycles. The number of amides is 1. The van der Waals surface area contributed by atoms with Crippen molar-refractivity contribution in [2.75, 3.05) is 18.4 Å². The zero-order valence-electron chi connectivity index (χ0n) is 11.9. The van der Waals surface area contributed by atoms with Crippen molar-refractivity contribution in [2.24, 2.45) is 11.8 Å². The number of anilines is 1. The van der Waals surface area contributed by atoms with E-state index in [1.54, 1.807) is 0 Å². The minimum Gasteiger partial charge on any atom is -0.481 e. The smallest absolute Gasteiger partial charge is 0.306 e. The predicted molar refractivity (Wildman–Crippen MR) is 79.4 cm³/mol. The number of aliphatic carboxylic acids is 1. The monoisotopic (exact) mass is 288 g/mol. The Morgan fingerprint density at radius 3 is 3.00 bits per heavy atom. The second-order valence-corrected chi connectivity index (χ2v) is 5.89. The Labute approximate surface area is 123 Å². The molecule has 1 amide bonds. The lowest BCUT2D eigenvalue weighted by Gasteiger charge is -2.16. The number of fused-ring (bicyclic) bond motifs is 1. The van der Waals surface area contributed by atoms with E-state index in [2.05, 4.69) is 10.6 Å². The Kier molecular flexibility index (Phi) is 3.82. The van der Waals surface area contributed by atoms with Crippen LogP contribution >= 0.6 is 0 Å². The van der Waals surface area contributed by atoms with E-state index < -0.39 is 5.97 Å². The fourth-order valence-corrected chi connectivity index (χ4v) is 3.36. The number of benzene rings is 1. The van der Waals surface area contributed by atoms with E-state index in [9.17, 15) is 9.59 Å². The molecule has 0 aromatic heterocycles. The molecule has 0 bridgehead atoms. The Bertz CT molecular complexity index is 571. The van der Waals surface area contributed by atoms with E-state index in [0.717, 1.165) is 37.9 Å². The van der Waals surface area contributed by atoms with Gasteiger partial charge in [0.2, 0.25) is 0 Å². The lowest BCUT2D eigenvalue weighted by Crippen LogP contribution is -2.33. The third-order valence-corrected chi connectivity index (χ3v) is 4.58. The number of nitrogens with one attached hydrogen (secondary N) is 2. The van der Waals surface area contributed by atoms with Gasteiger partial charge in [-0.15, -0.1) is 0 Å². The molecule has 112 valence electrons. The number of hydrogen-bond acceptors (Lipinski definition) is 3. The summed E-state index contributed by atoms with van der Waals surface area (Å²) in [6.07, 6.45) is 3.53. The van der Waals surface area contributed by atoms with E-state index in [-0.39, 0.29) is 17.7 Å². The van der Waals surface area contributed by atoms with Gasteiger partial charge in [-0.25, -0.2) is 0 Å². The molecule has 0 spiro atoms. The van der Waals surface area contributed by atoms with E-state index in [1.807, 2.05) is 18.2 Å². The van der Waals surface area contributed by atoms with E-state index in [4.69, 9.17) is 5.11 Å². The number of carbonyl (C=O) groups is 2. The second kappa shape index (κ2) is 5.76. The maximum Gasteiger partial charge on any atom is 0.306 e. The van der Waals surface area contributed by atoms with Gasteiger partial charge in [0.25, 0.3) is 5.91 Å². The molecular formula is C16H20N2O3. The lowest BCUT2D eigenvalue weighted by molar-refractivity contribution is -0.142. The quantitative estimate of drug-likeness (QED) is 0.790. The van der Waals surface area contributed by atoms with Crippen molar-refractivity contribution < 1.29 is 14.7 Å². The summed E-state index contributed by atoms with van der Waals surface area (Å²) in [4.78, 5) is 23.3. The Morgan fingerprint density at radius 2 is 2.19 bits per heavy atom. The van der Waals surface area contributed by atoms with Crippen molar-refractivity contribution in [3.8, 4) is 0 Å². The highest BCUT2D eigenvalue weighted by Crippen LogP contribution is 2.31. The zero-order chi connectivity index (χ0) is 14.8. The average Bonchev–Trinajstić information content (AvgIpc) is 3.12. The van der Waals surface area contributed by atoms with Gasteiger partial charge in [-0.3, -0.25) is 9.59 Å². The number of carboxylic acid groups (broad SMARTS) is 1. The van der Waals surface area contributed by atoms with Gasteiger partial charge in [-0.2, -0.15) is 0 Å². The van der Waals surface area contributed by atoms with Gasteiger partial charge in [0.15, 0.2) is 0 Å². The van der Waals surface area contributed by atoms with Crippen LogP contribution in [0.4, 0.5) is 5.69 Å². The van der Waals surface area contributed by atoms with Gasteiger partial charge < -0.3 is 15.7 Å². The normalized spacial score (nSPS) is 23.4. The van der Waals surface area contributed by atoms with Gasteiger partial charge in [-0.1, -0.05) is 12.5 Å². The van der Waals surface area contributed by atoms with Crippen LogP contribution in [0.25, 0.3) is 0 Å². The maximum absolute atomic E-state index is 12.2. The molecule has 1 aliphatic heterocycles. The summed E-state index contributed by atoms with van der Waals surface area (Å²) in [6, 6.07) is 5.70. The van der Waals surface area contributed by atoms with Crippen LogP contribution in [0.15, 0.2) is 18.2 Å². The van der Waals surface area contributed by atoms with Crippen LogP contribution in [-0.4, -0.2) is 30.1 Å². The minimum absolute atomic E-state index is 0.0546. The van der Waals surface area contributed by atoms with Gasteiger partial charge in [0, 0.05) is 24.3 Å². The van der Waals surface area contributed by atoms with Crippen LogP contribution in [0, 0.1) is 11.8 Å². The largest absolute Gasteiger partial charge is 0.481 e. The SMILES string of the molecule is O=C(NCC1CCCC1C(=O)O)c1ccc2c(c1)NCC2. The van der Waals surface area contributed by atoms with Crippen LogP contribution in [0.1, 0.15) is 35.2 Å². The van der Waals surface area contributed by atoms with Crippen molar-refractivity contribution in [3.63, 3.8) is 0 Å². The van der Waals surface area contributed by atoms with Crippen molar-refractivity contribution in [1.82, 2.24) is 5.32 Å². The lowest BCUT2D eigenvalue weighted by atomic mass is 9.96. The fraction of sp³-hybridized carbons (Fsp3) is 0.500. The highest BCUT2D eigenvalue weighted by molar-refractivity contribution is 5.95. The molecule has 3 N–H and O–H groups in total. The molecular weight excluding hydrogens is 268 g/mol. The van der Waals surface area contributed by atoms with Crippen molar-refractivity contribution in [2.45, 2.75) is 25.7 Å². The number of carbonyl (C=O) groups excluding carboxylic acids is 1. The number of carboxylic acids is 1. The summed E-state index contributed by atoms with van der Waals surface area (Å²) in [7, 11) is 0. The van der Waals surface area contributed by atoms with Gasteiger partial charge in [-0.05, 0) is 42.9 Å². The first kappa shape index (κ1) is 13.9.